The van der Waals surface area contributed by atoms with Crippen molar-refractivity contribution in [3.8, 4) is 0 Å². The zero-order valence-electron chi connectivity index (χ0n) is 13.1. The summed E-state index contributed by atoms with van der Waals surface area (Å²) in [7, 11) is 0. The maximum absolute atomic E-state index is 13.6. The second-order valence-electron chi connectivity index (χ2n) is 5.04. The van der Waals surface area contributed by atoms with Crippen molar-refractivity contribution in [2.45, 2.75) is 26.2 Å². The second kappa shape index (κ2) is 9.68. The monoisotopic (exact) mass is 322 g/mol. The highest BCUT2D eigenvalue weighted by Gasteiger charge is 2.27. The van der Waals surface area contributed by atoms with Gasteiger partial charge in [0.15, 0.2) is 0 Å². The molecule has 1 saturated heterocycles. The van der Waals surface area contributed by atoms with Gasteiger partial charge in [0.2, 0.25) is 12.3 Å². The van der Waals surface area contributed by atoms with E-state index < -0.39 is 24.3 Å². The Morgan fingerprint density at radius 3 is 1.45 bits per heavy atom. The Bertz CT molecular complexity index is 329. The molecule has 0 N–H and O–H groups in total. The summed E-state index contributed by atoms with van der Waals surface area (Å²) in [6.07, 6.45) is -3.33. The maximum atomic E-state index is 13.6. The van der Waals surface area contributed by atoms with Crippen molar-refractivity contribution >= 4 is 11.9 Å². The number of piperazine rings is 1. The standard InChI is InChI=1S/C14H24F2N2O4/c1-3-21-13(19)11(15)9-17-5-7-18(8-6-17)10-12(16)14(20)22-4-2/h11-12H,3-10H2,1-2H3. The Balaban J connectivity index is 2.28. The number of carbonyl (C=O) groups is 2. The van der Waals surface area contributed by atoms with Crippen LogP contribution in [0, 0.1) is 0 Å². The van der Waals surface area contributed by atoms with Crippen LogP contribution in [0.25, 0.3) is 0 Å². The quantitative estimate of drug-likeness (QED) is 0.603. The third-order valence-electron chi connectivity index (χ3n) is 3.39. The van der Waals surface area contributed by atoms with Crippen LogP contribution in [0.4, 0.5) is 8.78 Å². The van der Waals surface area contributed by atoms with Crippen molar-refractivity contribution in [3.05, 3.63) is 0 Å². The highest BCUT2D eigenvalue weighted by molar-refractivity contribution is 5.75. The molecule has 0 spiro atoms. The third kappa shape index (κ3) is 6.23. The van der Waals surface area contributed by atoms with E-state index in [2.05, 4.69) is 9.47 Å². The van der Waals surface area contributed by atoms with Crippen LogP contribution in [0.5, 0.6) is 0 Å². The minimum Gasteiger partial charge on any atom is -0.464 e. The van der Waals surface area contributed by atoms with Gasteiger partial charge < -0.3 is 9.47 Å². The van der Waals surface area contributed by atoms with Crippen molar-refractivity contribution in [1.29, 1.82) is 0 Å². The fourth-order valence-corrected chi connectivity index (χ4v) is 2.22. The Hall–Kier alpha value is -1.28. The number of esters is 2. The Labute approximate surface area is 129 Å². The molecule has 0 aromatic heterocycles. The first-order valence-electron chi connectivity index (χ1n) is 7.54. The molecule has 8 heteroatoms. The van der Waals surface area contributed by atoms with Gasteiger partial charge in [-0.2, -0.15) is 0 Å². The molecule has 2 unspecified atom stereocenters. The molecule has 0 aromatic rings. The van der Waals surface area contributed by atoms with Crippen LogP contribution in [0.2, 0.25) is 0 Å². The molecule has 2 atom stereocenters. The minimum absolute atomic E-state index is 0.0242. The molecule has 1 rings (SSSR count). The van der Waals surface area contributed by atoms with Crippen LogP contribution >= 0.6 is 0 Å². The van der Waals surface area contributed by atoms with E-state index in [0.717, 1.165) is 0 Å². The van der Waals surface area contributed by atoms with E-state index >= 15 is 0 Å². The normalized spacial score (nSPS) is 19.5. The number of rotatable bonds is 8. The summed E-state index contributed by atoms with van der Waals surface area (Å²) in [4.78, 5) is 26.0. The first kappa shape index (κ1) is 18.8. The van der Waals surface area contributed by atoms with Gasteiger partial charge in [0, 0.05) is 39.3 Å². The molecule has 0 amide bonds. The number of alkyl halides is 2. The fraction of sp³-hybridized carbons (Fsp3) is 0.857. The van der Waals surface area contributed by atoms with Gasteiger partial charge in [0.05, 0.1) is 13.2 Å². The zero-order valence-corrected chi connectivity index (χ0v) is 13.1. The summed E-state index contributed by atoms with van der Waals surface area (Å²) in [5.41, 5.74) is 0. The highest BCUT2D eigenvalue weighted by atomic mass is 19.1. The van der Waals surface area contributed by atoms with Gasteiger partial charge >= 0.3 is 11.9 Å². The average Bonchev–Trinajstić information content (AvgIpc) is 2.49. The maximum Gasteiger partial charge on any atom is 0.342 e. The molecule has 0 aliphatic carbocycles. The zero-order chi connectivity index (χ0) is 16.5. The lowest BCUT2D eigenvalue weighted by atomic mass is 10.2. The lowest BCUT2D eigenvalue weighted by Gasteiger charge is -2.35. The van der Waals surface area contributed by atoms with Crippen LogP contribution in [-0.2, 0) is 19.1 Å². The second-order valence-corrected chi connectivity index (χ2v) is 5.04. The Morgan fingerprint density at radius 1 is 0.864 bits per heavy atom. The van der Waals surface area contributed by atoms with E-state index in [-0.39, 0.29) is 26.3 Å². The smallest absolute Gasteiger partial charge is 0.342 e. The number of hydrogen-bond acceptors (Lipinski definition) is 6. The lowest BCUT2D eigenvalue weighted by Crippen LogP contribution is -2.51. The van der Waals surface area contributed by atoms with Crippen molar-refractivity contribution in [1.82, 2.24) is 9.80 Å². The van der Waals surface area contributed by atoms with Crippen LogP contribution in [0.15, 0.2) is 0 Å². The fourth-order valence-electron chi connectivity index (χ4n) is 2.22. The summed E-state index contributed by atoms with van der Waals surface area (Å²) < 4.78 is 36.5. The molecule has 0 saturated carbocycles. The molecule has 0 aromatic carbocycles. The van der Waals surface area contributed by atoms with E-state index in [1.807, 2.05) is 0 Å². The predicted octanol–water partition coefficient (Wildman–Crippen LogP) is 0.406. The molecule has 1 aliphatic heterocycles. The summed E-state index contributed by atoms with van der Waals surface area (Å²) in [5.74, 6) is -1.70. The van der Waals surface area contributed by atoms with Crippen molar-refractivity contribution in [2.75, 3.05) is 52.5 Å². The predicted molar refractivity (Wildman–Crippen MR) is 75.9 cm³/mol. The van der Waals surface area contributed by atoms with Crippen molar-refractivity contribution in [2.24, 2.45) is 0 Å². The van der Waals surface area contributed by atoms with E-state index in [0.29, 0.717) is 26.2 Å². The lowest BCUT2D eigenvalue weighted by molar-refractivity contribution is -0.151. The molecule has 22 heavy (non-hydrogen) atoms. The van der Waals surface area contributed by atoms with E-state index in [1.54, 1.807) is 23.6 Å². The van der Waals surface area contributed by atoms with Gasteiger partial charge in [-0.1, -0.05) is 0 Å². The highest BCUT2D eigenvalue weighted by Crippen LogP contribution is 2.08. The molecular weight excluding hydrogens is 298 g/mol. The number of hydrogen-bond donors (Lipinski definition) is 0. The van der Waals surface area contributed by atoms with Crippen molar-refractivity contribution in [3.63, 3.8) is 0 Å². The summed E-state index contributed by atoms with van der Waals surface area (Å²) >= 11 is 0. The topological polar surface area (TPSA) is 59.1 Å². The van der Waals surface area contributed by atoms with Gasteiger partial charge in [0.1, 0.15) is 0 Å². The first-order chi connectivity index (χ1) is 10.5. The first-order valence-corrected chi connectivity index (χ1v) is 7.54. The van der Waals surface area contributed by atoms with E-state index in [1.165, 1.54) is 0 Å². The minimum atomic E-state index is -1.67. The third-order valence-corrected chi connectivity index (χ3v) is 3.39. The van der Waals surface area contributed by atoms with Crippen LogP contribution < -0.4 is 0 Å². The number of halogens is 2. The average molecular weight is 322 g/mol. The number of carbonyl (C=O) groups excluding carboxylic acids is 2. The Kier molecular flexibility index (Phi) is 8.26. The number of nitrogens with zero attached hydrogens (tertiary/aromatic N) is 2. The van der Waals surface area contributed by atoms with Crippen LogP contribution in [0.3, 0.4) is 0 Å². The molecular formula is C14H24F2N2O4. The molecule has 1 fully saturated rings. The van der Waals surface area contributed by atoms with Crippen LogP contribution in [0.1, 0.15) is 13.8 Å². The molecule has 128 valence electrons. The van der Waals surface area contributed by atoms with Gasteiger partial charge in [-0.15, -0.1) is 0 Å². The Morgan fingerprint density at radius 2 is 1.18 bits per heavy atom. The van der Waals surface area contributed by atoms with Gasteiger partial charge in [-0.25, -0.2) is 18.4 Å². The molecule has 6 nitrogen and oxygen atoms in total. The molecule has 0 bridgehead atoms. The molecule has 1 aliphatic rings. The van der Waals surface area contributed by atoms with Crippen molar-refractivity contribution < 1.29 is 27.8 Å². The van der Waals surface area contributed by atoms with Crippen LogP contribution in [-0.4, -0.2) is 86.6 Å². The van der Waals surface area contributed by atoms with E-state index in [9.17, 15) is 18.4 Å². The summed E-state index contributed by atoms with van der Waals surface area (Å²) in [6, 6.07) is 0. The number of ether oxygens (including phenoxy) is 2. The van der Waals surface area contributed by atoms with Gasteiger partial charge in [-0.3, -0.25) is 9.80 Å². The SMILES string of the molecule is CCOC(=O)C(F)CN1CCN(CC(F)C(=O)OCC)CC1. The largest absolute Gasteiger partial charge is 0.464 e. The van der Waals surface area contributed by atoms with Gasteiger partial charge in [0.25, 0.3) is 0 Å². The molecule has 1 heterocycles. The van der Waals surface area contributed by atoms with E-state index in [4.69, 9.17) is 0 Å². The summed E-state index contributed by atoms with van der Waals surface area (Å²) in [6.45, 7) is 5.54. The van der Waals surface area contributed by atoms with Gasteiger partial charge in [-0.05, 0) is 13.8 Å². The molecule has 0 radical (unpaired) electrons. The summed E-state index contributed by atoms with van der Waals surface area (Å²) in [5, 5.41) is 0.